The van der Waals surface area contributed by atoms with Crippen molar-refractivity contribution in [1.29, 1.82) is 0 Å². The van der Waals surface area contributed by atoms with Crippen LogP contribution >= 0.6 is 0 Å². The summed E-state index contributed by atoms with van der Waals surface area (Å²) in [5.74, 6) is 1.20. The van der Waals surface area contributed by atoms with Crippen LogP contribution in [0, 0.1) is 13.8 Å². The summed E-state index contributed by atoms with van der Waals surface area (Å²) < 4.78 is 5.15. The average molecular weight is 289 g/mol. The van der Waals surface area contributed by atoms with Crippen molar-refractivity contribution < 1.29 is 9.32 Å². The number of nitrogens with one attached hydrogen (secondary N) is 1. The molecule has 7 heteroatoms. The largest absolute Gasteiger partial charge is 0.362 e. The third-order valence-corrected chi connectivity index (χ3v) is 3.18. The summed E-state index contributed by atoms with van der Waals surface area (Å²) in [6, 6.07) is 3.37. The van der Waals surface area contributed by atoms with Crippen molar-refractivity contribution in [2.24, 2.45) is 0 Å². The molecule has 2 rings (SSSR count). The third-order valence-electron chi connectivity index (χ3n) is 3.18. The van der Waals surface area contributed by atoms with E-state index >= 15 is 0 Å². The number of carbonyl (C=O) groups excluding carboxylic acids is 1. The Balaban J connectivity index is 2.12. The first kappa shape index (κ1) is 15.0. The molecule has 0 aliphatic heterocycles. The fraction of sp³-hybridized carbons (Fsp3) is 0.429. The van der Waals surface area contributed by atoms with Crippen LogP contribution < -0.4 is 5.32 Å². The summed E-state index contributed by atoms with van der Waals surface area (Å²) in [4.78, 5) is 13.2. The molecule has 2 heterocycles. The second-order valence-corrected chi connectivity index (χ2v) is 5.11. The van der Waals surface area contributed by atoms with E-state index in [9.17, 15) is 4.79 Å². The molecule has 0 aliphatic carbocycles. The van der Waals surface area contributed by atoms with Crippen molar-refractivity contribution in [2.45, 2.75) is 26.8 Å². The molecule has 0 spiro atoms. The van der Waals surface area contributed by atoms with Gasteiger partial charge in [-0.2, -0.15) is 0 Å². The Hall–Kier alpha value is -2.44. The lowest BCUT2D eigenvalue weighted by atomic mass is 10.1. The highest BCUT2D eigenvalue weighted by Gasteiger charge is 2.17. The molecule has 2 aromatic heterocycles. The van der Waals surface area contributed by atoms with Crippen LogP contribution in [0.5, 0.6) is 0 Å². The Morgan fingerprint density at radius 3 is 2.48 bits per heavy atom. The van der Waals surface area contributed by atoms with Crippen LogP contribution in [0.1, 0.15) is 40.5 Å². The predicted molar refractivity (Wildman–Crippen MR) is 78.1 cm³/mol. The second kappa shape index (κ2) is 5.90. The quantitative estimate of drug-likeness (QED) is 0.926. The van der Waals surface area contributed by atoms with Crippen LogP contribution in [-0.4, -0.2) is 40.3 Å². The van der Waals surface area contributed by atoms with Gasteiger partial charge < -0.3 is 14.7 Å². The van der Waals surface area contributed by atoms with Crippen molar-refractivity contribution >= 4 is 11.7 Å². The molecule has 1 atom stereocenters. The molecule has 0 aliphatic rings. The molecule has 7 nitrogen and oxygen atoms in total. The topological polar surface area (TPSA) is 84.2 Å². The van der Waals surface area contributed by atoms with E-state index in [4.69, 9.17) is 4.52 Å². The number of aryl methyl sites for hydroxylation is 2. The zero-order valence-corrected chi connectivity index (χ0v) is 12.8. The summed E-state index contributed by atoms with van der Waals surface area (Å²) in [5, 5.41) is 15.1. The lowest BCUT2D eigenvalue weighted by Crippen LogP contribution is -2.23. The maximum Gasteiger partial charge on any atom is 0.273 e. The lowest BCUT2D eigenvalue weighted by Gasteiger charge is -2.14. The van der Waals surface area contributed by atoms with Gasteiger partial charge in [0, 0.05) is 19.7 Å². The maximum absolute atomic E-state index is 11.7. The summed E-state index contributed by atoms with van der Waals surface area (Å²) in [5.41, 5.74) is 2.17. The highest BCUT2D eigenvalue weighted by Crippen LogP contribution is 2.23. The molecule has 1 N–H and O–H groups in total. The fourth-order valence-electron chi connectivity index (χ4n) is 2.15. The van der Waals surface area contributed by atoms with Gasteiger partial charge in [0.15, 0.2) is 5.69 Å². The van der Waals surface area contributed by atoms with Crippen LogP contribution in [0.15, 0.2) is 16.7 Å². The minimum absolute atomic E-state index is 0.0130. The highest BCUT2D eigenvalue weighted by molar-refractivity contribution is 5.91. The Morgan fingerprint density at radius 1 is 1.29 bits per heavy atom. The molecule has 0 saturated carbocycles. The molecule has 1 amide bonds. The van der Waals surface area contributed by atoms with Crippen LogP contribution in [0.3, 0.4) is 0 Å². The predicted octanol–water partition coefficient (Wildman–Crippen LogP) is 1.96. The maximum atomic E-state index is 11.7. The molecule has 112 valence electrons. The summed E-state index contributed by atoms with van der Waals surface area (Å²) in [6.45, 7) is 5.76. The molecule has 0 aromatic carbocycles. The van der Waals surface area contributed by atoms with Crippen LogP contribution in [0.2, 0.25) is 0 Å². The molecule has 21 heavy (non-hydrogen) atoms. The standard InChI is InChI=1S/C14H19N5O2/c1-8(13-9(2)18-21-10(13)3)15-12-7-6-11(16-17-12)14(20)19(4)5/h6-8H,1-5H3,(H,15,17). The van der Waals surface area contributed by atoms with Crippen LogP contribution in [0.25, 0.3) is 0 Å². The van der Waals surface area contributed by atoms with Gasteiger partial charge in [0.1, 0.15) is 11.6 Å². The average Bonchev–Trinajstić information content (AvgIpc) is 2.78. The Morgan fingerprint density at radius 2 is 2.00 bits per heavy atom. The van der Waals surface area contributed by atoms with Crippen molar-refractivity contribution in [3.63, 3.8) is 0 Å². The Kier molecular flexibility index (Phi) is 4.21. The molecule has 0 fully saturated rings. The molecule has 0 saturated heterocycles. The number of hydrogen-bond acceptors (Lipinski definition) is 6. The molecule has 2 aromatic rings. The molecular formula is C14H19N5O2. The number of anilines is 1. The fourth-order valence-corrected chi connectivity index (χ4v) is 2.15. The van der Waals surface area contributed by atoms with Gasteiger partial charge in [-0.3, -0.25) is 4.79 Å². The van der Waals surface area contributed by atoms with Crippen LogP contribution in [0.4, 0.5) is 5.82 Å². The van der Waals surface area contributed by atoms with Gasteiger partial charge in [0.05, 0.1) is 11.7 Å². The van der Waals surface area contributed by atoms with Gasteiger partial charge in [0.25, 0.3) is 5.91 Å². The highest BCUT2D eigenvalue weighted by atomic mass is 16.5. The molecule has 0 radical (unpaired) electrons. The summed E-state index contributed by atoms with van der Waals surface area (Å²) >= 11 is 0. The minimum atomic E-state index is -0.173. The van der Waals surface area contributed by atoms with Gasteiger partial charge in [-0.15, -0.1) is 10.2 Å². The first-order chi connectivity index (χ1) is 9.90. The van der Waals surface area contributed by atoms with E-state index in [-0.39, 0.29) is 11.9 Å². The van der Waals surface area contributed by atoms with Crippen molar-refractivity contribution in [1.82, 2.24) is 20.3 Å². The van der Waals surface area contributed by atoms with Gasteiger partial charge >= 0.3 is 0 Å². The number of hydrogen-bond donors (Lipinski definition) is 1. The zero-order chi connectivity index (χ0) is 15.6. The van der Waals surface area contributed by atoms with Gasteiger partial charge in [-0.05, 0) is 32.9 Å². The van der Waals surface area contributed by atoms with E-state index in [1.165, 1.54) is 4.90 Å². The summed E-state index contributed by atoms with van der Waals surface area (Å²) in [7, 11) is 3.35. The normalized spacial score (nSPS) is 12.0. The van der Waals surface area contributed by atoms with Gasteiger partial charge in [-0.25, -0.2) is 0 Å². The second-order valence-electron chi connectivity index (χ2n) is 5.11. The van der Waals surface area contributed by atoms with Crippen LogP contribution in [-0.2, 0) is 0 Å². The molecule has 1 unspecified atom stereocenters. The number of nitrogens with zero attached hydrogens (tertiary/aromatic N) is 4. The van der Waals surface area contributed by atoms with Gasteiger partial charge in [-0.1, -0.05) is 5.16 Å². The van der Waals surface area contributed by atoms with Crippen molar-refractivity contribution in [2.75, 3.05) is 19.4 Å². The first-order valence-electron chi connectivity index (χ1n) is 6.65. The third kappa shape index (κ3) is 3.18. The van der Waals surface area contributed by atoms with Crippen molar-refractivity contribution in [3.8, 4) is 0 Å². The summed E-state index contributed by atoms with van der Waals surface area (Å²) in [6.07, 6.45) is 0. The van der Waals surface area contributed by atoms with Gasteiger partial charge in [0.2, 0.25) is 0 Å². The Labute approximate surface area is 123 Å². The smallest absolute Gasteiger partial charge is 0.273 e. The zero-order valence-electron chi connectivity index (χ0n) is 12.8. The molecule has 0 bridgehead atoms. The lowest BCUT2D eigenvalue weighted by molar-refractivity contribution is 0.0821. The van der Waals surface area contributed by atoms with Crippen molar-refractivity contribution in [3.05, 3.63) is 34.8 Å². The van der Waals surface area contributed by atoms with E-state index in [0.717, 1.165) is 17.0 Å². The monoisotopic (exact) mass is 289 g/mol. The SMILES string of the molecule is Cc1noc(C)c1C(C)Nc1ccc(C(=O)N(C)C)nn1. The number of aromatic nitrogens is 3. The van der Waals surface area contributed by atoms with E-state index in [1.54, 1.807) is 26.2 Å². The number of rotatable bonds is 4. The van der Waals surface area contributed by atoms with E-state index < -0.39 is 0 Å². The number of carbonyl (C=O) groups is 1. The van der Waals surface area contributed by atoms with E-state index in [2.05, 4.69) is 20.7 Å². The minimum Gasteiger partial charge on any atom is -0.362 e. The number of amides is 1. The first-order valence-corrected chi connectivity index (χ1v) is 6.65. The van der Waals surface area contributed by atoms with E-state index in [0.29, 0.717) is 11.5 Å². The van der Waals surface area contributed by atoms with E-state index in [1.807, 2.05) is 20.8 Å². The Bertz CT molecular complexity index is 614. The molecular weight excluding hydrogens is 270 g/mol.